The van der Waals surface area contributed by atoms with E-state index in [2.05, 4.69) is 46.5 Å². The van der Waals surface area contributed by atoms with Crippen LogP contribution in [0.3, 0.4) is 0 Å². The second-order valence-electron chi connectivity index (χ2n) is 4.78. The highest BCUT2D eigenvalue weighted by Crippen LogP contribution is 2.31. The van der Waals surface area contributed by atoms with E-state index in [1.807, 2.05) is 6.07 Å². The van der Waals surface area contributed by atoms with E-state index in [0.717, 1.165) is 29.6 Å². The molecule has 104 valence electrons. The maximum Gasteiger partial charge on any atom is 0.261 e. The van der Waals surface area contributed by atoms with Gasteiger partial charge in [-0.2, -0.15) is 0 Å². The summed E-state index contributed by atoms with van der Waals surface area (Å²) in [5.74, 6) is 0.0561. The molecule has 2 aromatic heterocycles. The third kappa shape index (κ3) is 3.20. The number of fused-ring (bicyclic) bond motifs is 1. The van der Waals surface area contributed by atoms with Crippen molar-refractivity contribution < 1.29 is 4.79 Å². The summed E-state index contributed by atoms with van der Waals surface area (Å²) in [4.78, 5) is 13.0. The van der Waals surface area contributed by atoms with Gasteiger partial charge in [-0.3, -0.25) is 4.79 Å². The van der Waals surface area contributed by atoms with Gasteiger partial charge in [-0.1, -0.05) is 29.8 Å². The molecule has 1 N–H and O–H groups in total. The first-order valence-corrected chi connectivity index (χ1v) is 9.27. The molecule has 0 bridgehead atoms. The van der Waals surface area contributed by atoms with Gasteiger partial charge in [0.05, 0.1) is 4.88 Å². The van der Waals surface area contributed by atoms with Crippen molar-refractivity contribution in [1.29, 1.82) is 0 Å². The van der Waals surface area contributed by atoms with Gasteiger partial charge in [0, 0.05) is 21.3 Å². The Bertz CT molecular complexity index is 520. The number of alkyl halides is 1. The van der Waals surface area contributed by atoms with Crippen LogP contribution >= 0.6 is 38.6 Å². The molecule has 0 spiro atoms. The van der Waals surface area contributed by atoms with E-state index in [1.54, 1.807) is 22.7 Å². The minimum Gasteiger partial charge on any atom is -0.351 e. The number of rotatable bonds is 6. The van der Waals surface area contributed by atoms with Crippen LogP contribution < -0.4 is 5.32 Å². The second kappa shape index (κ2) is 6.37. The van der Waals surface area contributed by atoms with Gasteiger partial charge >= 0.3 is 0 Å². The van der Waals surface area contributed by atoms with Crippen LogP contribution in [-0.4, -0.2) is 17.8 Å². The molecular weight excluding hydrogens is 342 g/mol. The first-order chi connectivity index (χ1) is 9.14. The molecule has 0 atom stereocenters. The molecule has 0 aromatic carbocycles. The fraction of sp³-hybridized carbons (Fsp3) is 0.500. The Morgan fingerprint density at radius 1 is 1.37 bits per heavy atom. The van der Waals surface area contributed by atoms with Gasteiger partial charge in [-0.15, -0.1) is 22.7 Å². The molecule has 0 aliphatic carbocycles. The minimum absolute atomic E-state index is 0.0561. The fourth-order valence-corrected chi connectivity index (χ4v) is 4.99. The molecule has 0 unspecified atom stereocenters. The molecule has 2 nitrogen and oxygen atoms in total. The van der Waals surface area contributed by atoms with E-state index in [0.29, 0.717) is 0 Å². The maximum atomic E-state index is 12.2. The van der Waals surface area contributed by atoms with Crippen LogP contribution in [0.5, 0.6) is 0 Å². The van der Waals surface area contributed by atoms with Gasteiger partial charge < -0.3 is 5.32 Å². The van der Waals surface area contributed by atoms with Crippen molar-refractivity contribution >= 4 is 53.9 Å². The summed E-state index contributed by atoms with van der Waals surface area (Å²) in [6, 6.07) is 4.07. The van der Waals surface area contributed by atoms with Gasteiger partial charge in [0.2, 0.25) is 0 Å². The Hall–Kier alpha value is -0.390. The number of amides is 1. The van der Waals surface area contributed by atoms with E-state index in [9.17, 15) is 4.79 Å². The summed E-state index contributed by atoms with van der Waals surface area (Å²) in [5.41, 5.74) is 0.171. The van der Waals surface area contributed by atoms with Crippen LogP contribution in [0, 0.1) is 5.41 Å². The molecule has 0 saturated heterocycles. The first kappa shape index (κ1) is 15.0. The molecule has 0 fully saturated rings. The first-order valence-electron chi connectivity index (χ1n) is 6.45. The molecule has 0 aliphatic heterocycles. The van der Waals surface area contributed by atoms with Crippen LogP contribution in [0.4, 0.5) is 0 Å². The predicted molar refractivity (Wildman–Crippen MR) is 88.8 cm³/mol. The average Bonchev–Trinajstić information content (AvgIpc) is 3.01. The molecule has 0 radical (unpaired) electrons. The quantitative estimate of drug-likeness (QED) is 0.730. The van der Waals surface area contributed by atoms with Crippen molar-refractivity contribution in [2.24, 2.45) is 5.41 Å². The molecule has 5 heteroatoms. The fourth-order valence-electron chi connectivity index (χ4n) is 1.97. The smallest absolute Gasteiger partial charge is 0.261 e. The van der Waals surface area contributed by atoms with Gasteiger partial charge in [-0.05, 0) is 35.8 Å². The van der Waals surface area contributed by atoms with Gasteiger partial charge in [0.25, 0.3) is 5.91 Å². The molecular formula is C14H18BrNOS2. The van der Waals surface area contributed by atoms with Crippen LogP contribution in [0.25, 0.3) is 9.40 Å². The zero-order valence-electron chi connectivity index (χ0n) is 11.2. The zero-order valence-corrected chi connectivity index (χ0v) is 14.4. The maximum absolute atomic E-state index is 12.2. The molecule has 2 rings (SSSR count). The predicted octanol–water partition coefficient (Wildman–Crippen LogP) is 4.89. The van der Waals surface area contributed by atoms with E-state index in [4.69, 9.17) is 0 Å². The van der Waals surface area contributed by atoms with Crippen molar-refractivity contribution in [1.82, 2.24) is 5.32 Å². The summed E-state index contributed by atoms with van der Waals surface area (Å²) in [7, 11) is 0. The molecule has 2 heterocycles. The largest absolute Gasteiger partial charge is 0.351 e. The summed E-state index contributed by atoms with van der Waals surface area (Å²) in [5, 5.41) is 6.08. The van der Waals surface area contributed by atoms with Crippen molar-refractivity contribution in [3.63, 3.8) is 0 Å². The Morgan fingerprint density at radius 3 is 2.68 bits per heavy atom. The number of hydrogen-bond acceptors (Lipinski definition) is 3. The van der Waals surface area contributed by atoms with Crippen LogP contribution in [0.15, 0.2) is 17.5 Å². The average molecular weight is 360 g/mol. The highest BCUT2D eigenvalue weighted by atomic mass is 79.9. The summed E-state index contributed by atoms with van der Waals surface area (Å²) < 4.78 is 2.40. The topological polar surface area (TPSA) is 29.1 Å². The number of carbonyl (C=O) groups excluding carboxylic acids is 1. The summed E-state index contributed by atoms with van der Waals surface area (Å²) in [6.45, 7) is 5.09. The van der Waals surface area contributed by atoms with Crippen LogP contribution in [-0.2, 0) is 0 Å². The Morgan fingerprint density at radius 2 is 2.11 bits per heavy atom. The molecule has 19 heavy (non-hydrogen) atoms. The minimum atomic E-state index is 0.0561. The van der Waals surface area contributed by atoms with Crippen molar-refractivity contribution in [3.8, 4) is 0 Å². The third-order valence-corrected chi connectivity index (χ3v) is 7.05. The molecule has 0 aliphatic rings. The SMILES string of the molecule is CCC(CC)(CBr)CNC(=O)c1cc2sccc2s1. The van der Waals surface area contributed by atoms with Crippen molar-refractivity contribution in [2.75, 3.05) is 11.9 Å². The Kier molecular flexibility index (Phi) is 5.03. The van der Waals surface area contributed by atoms with E-state index < -0.39 is 0 Å². The molecule has 1 amide bonds. The molecule has 2 aromatic rings. The zero-order chi connectivity index (χ0) is 13.9. The normalized spacial score (nSPS) is 11.9. The van der Waals surface area contributed by atoms with E-state index >= 15 is 0 Å². The number of hydrogen-bond donors (Lipinski definition) is 1. The lowest BCUT2D eigenvalue weighted by atomic mass is 9.84. The number of carbonyl (C=O) groups is 1. The van der Waals surface area contributed by atoms with Crippen LogP contribution in [0.1, 0.15) is 36.4 Å². The van der Waals surface area contributed by atoms with Crippen molar-refractivity contribution in [3.05, 3.63) is 22.4 Å². The molecule has 0 saturated carbocycles. The Labute approximate surface area is 130 Å². The number of halogens is 1. The number of thiophene rings is 2. The second-order valence-corrected chi connectivity index (χ2v) is 7.38. The van der Waals surface area contributed by atoms with E-state index in [1.165, 1.54) is 9.40 Å². The monoisotopic (exact) mass is 359 g/mol. The standard InChI is InChI=1S/C14H18BrNOS2/c1-3-14(4-2,8-15)9-16-13(17)12-7-11-10(19-12)5-6-18-11/h5-7H,3-4,8-9H2,1-2H3,(H,16,17). The van der Waals surface area contributed by atoms with Crippen LogP contribution in [0.2, 0.25) is 0 Å². The van der Waals surface area contributed by atoms with E-state index in [-0.39, 0.29) is 11.3 Å². The lowest BCUT2D eigenvalue weighted by Gasteiger charge is -2.29. The lowest BCUT2D eigenvalue weighted by molar-refractivity contribution is 0.0936. The number of nitrogens with one attached hydrogen (secondary N) is 1. The summed E-state index contributed by atoms with van der Waals surface area (Å²) in [6.07, 6.45) is 2.13. The van der Waals surface area contributed by atoms with Gasteiger partial charge in [0.1, 0.15) is 0 Å². The van der Waals surface area contributed by atoms with Gasteiger partial charge in [-0.25, -0.2) is 0 Å². The van der Waals surface area contributed by atoms with Crippen molar-refractivity contribution in [2.45, 2.75) is 26.7 Å². The summed E-state index contributed by atoms with van der Waals surface area (Å²) >= 11 is 6.83. The van der Waals surface area contributed by atoms with Gasteiger partial charge in [0.15, 0.2) is 0 Å². The highest BCUT2D eigenvalue weighted by molar-refractivity contribution is 9.09. The lowest BCUT2D eigenvalue weighted by Crippen LogP contribution is -2.37. The Balaban J connectivity index is 2.03. The third-order valence-electron chi connectivity index (χ3n) is 3.77. The highest BCUT2D eigenvalue weighted by Gasteiger charge is 2.25.